The maximum absolute atomic E-state index is 13.5. The first-order valence-electron chi connectivity index (χ1n) is 10.7. The molecule has 0 spiro atoms. The Morgan fingerprint density at radius 3 is 2.37 bits per heavy atom. The predicted octanol–water partition coefficient (Wildman–Crippen LogP) is 5.64. The largest absolute Gasteiger partial charge is 0.349 e. The molecule has 0 radical (unpaired) electrons. The van der Waals surface area contributed by atoms with E-state index in [0.29, 0.717) is 0 Å². The van der Waals surface area contributed by atoms with Gasteiger partial charge >= 0.3 is 0 Å². The molecule has 1 fully saturated rings. The Morgan fingerprint density at radius 1 is 0.963 bits per heavy atom. The monoisotopic (exact) mass is 361 g/mol. The van der Waals surface area contributed by atoms with E-state index in [0.717, 1.165) is 32.1 Å². The first-order chi connectivity index (χ1) is 13.2. The van der Waals surface area contributed by atoms with Gasteiger partial charge in [-0.15, -0.1) is 0 Å². The van der Waals surface area contributed by atoms with Crippen LogP contribution in [-0.2, 0) is 23.1 Å². The number of aryl methyl sites for hydroxylation is 2. The third-order valence-electron chi connectivity index (χ3n) is 6.71. The molecule has 1 saturated carbocycles. The molecule has 1 amide bonds. The zero-order valence-corrected chi connectivity index (χ0v) is 16.5. The molecule has 0 aromatic heterocycles. The minimum Gasteiger partial charge on any atom is -0.349 e. The Morgan fingerprint density at radius 2 is 1.67 bits per heavy atom. The van der Waals surface area contributed by atoms with E-state index in [1.165, 1.54) is 47.9 Å². The van der Waals surface area contributed by atoms with Crippen LogP contribution in [0.5, 0.6) is 0 Å². The molecule has 2 aromatic carbocycles. The van der Waals surface area contributed by atoms with Gasteiger partial charge in [-0.1, -0.05) is 68.3 Å². The fourth-order valence-electron chi connectivity index (χ4n) is 5.07. The third kappa shape index (κ3) is 3.54. The van der Waals surface area contributed by atoms with Crippen molar-refractivity contribution in [2.75, 3.05) is 0 Å². The van der Waals surface area contributed by atoms with Crippen molar-refractivity contribution < 1.29 is 4.79 Å². The van der Waals surface area contributed by atoms with Gasteiger partial charge in [-0.3, -0.25) is 4.79 Å². The van der Waals surface area contributed by atoms with Crippen LogP contribution in [-0.4, -0.2) is 5.91 Å². The summed E-state index contributed by atoms with van der Waals surface area (Å²) in [5, 5.41) is 3.43. The Balaban J connectivity index is 1.58. The summed E-state index contributed by atoms with van der Waals surface area (Å²) in [7, 11) is 0. The number of carbonyl (C=O) groups is 1. The van der Waals surface area contributed by atoms with Crippen molar-refractivity contribution in [2.24, 2.45) is 0 Å². The van der Waals surface area contributed by atoms with Gasteiger partial charge in [0.05, 0.1) is 11.5 Å². The van der Waals surface area contributed by atoms with E-state index < -0.39 is 0 Å². The smallest absolute Gasteiger partial charge is 0.231 e. The Kier molecular flexibility index (Phi) is 5.33. The quantitative estimate of drug-likeness (QED) is 0.733. The highest BCUT2D eigenvalue weighted by Gasteiger charge is 2.43. The molecule has 142 valence electrons. The van der Waals surface area contributed by atoms with Gasteiger partial charge in [0.25, 0.3) is 0 Å². The van der Waals surface area contributed by atoms with Crippen molar-refractivity contribution in [3.8, 4) is 0 Å². The second-order valence-corrected chi connectivity index (χ2v) is 8.32. The molecular formula is C25H31NO. The van der Waals surface area contributed by atoms with E-state index in [1.807, 2.05) is 6.07 Å². The van der Waals surface area contributed by atoms with Gasteiger partial charge in [0.2, 0.25) is 5.91 Å². The Hall–Kier alpha value is -2.09. The fourth-order valence-corrected chi connectivity index (χ4v) is 5.07. The van der Waals surface area contributed by atoms with Gasteiger partial charge in [0.1, 0.15) is 0 Å². The second-order valence-electron chi connectivity index (χ2n) is 8.32. The number of hydrogen-bond donors (Lipinski definition) is 1. The van der Waals surface area contributed by atoms with E-state index in [4.69, 9.17) is 0 Å². The first kappa shape index (κ1) is 18.3. The van der Waals surface area contributed by atoms with Gasteiger partial charge in [-0.2, -0.15) is 0 Å². The van der Waals surface area contributed by atoms with Crippen LogP contribution in [0.2, 0.25) is 0 Å². The van der Waals surface area contributed by atoms with Crippen molar-refractivity contribution in [3.63, 3.8) is 0 Å². The fraction of sp³-hybridized carbons (Fsp3) is 0.480. The summed E-state index contributed by atoms with van der Waals surface area (Å²) in [5.74, 6) is 0.218. The molecule has 1 N–H and O–H groups in total. The molecule has 1 atom stereocenters. The number of carbonyl (C=O) groups excluding carboxylic acids is 1. The lowest BCUT2D eigenvalue weighted by molar-refractivity contribution is -0.127. The molecule has 4 rings (SSSR count). The standard InChI is InChI=1S/C25H31NO/c1-2-23(21-15-14-19-10-6-7-11-20(19)18-21)26-24(27)25(16-8-9-17-25)22-12-4-3-5-13-22/h3-5,12-15,18,23H,2,6-11,16-17H2,1H3,(H,26,27). The number of hydrogen-bond acceptors (Lipinski definition) is 1. The molecule has 27 heavy (non-hydrogen) atoms. The van der Waals surface area contributed by atoms with E-state index in [1.54, 1.807) is 0 Å². The zero-order valence-electron chi connectivity index (χ0n) is 16.5. The SMILES string of the molecule is CCC(NC(=O)C1(c2ccccc2)CCCC1)c1ccc2c(c1)CCCC2. The van der Waals surface area contributed by atoms with Crippen LogP contribution in [0.25, 0.3) is 0 Å². The molecule has 2 aliphatic carbocycles. The lowest BCUT2D eigenvalue weighted by atomic mass is 9.77. The van der Waals surface area contributed by atoms with Gasteiger partial charge < -0.3 is 5.32 Å². The molecule has 2 heteroatoms. The minimum atomic E-state index is -0.344. The summed E-state index contributed by atoms with van der Waals surface area (Å²) in [5.41, 5.74) is 5.10. The molecule has 1 unspecified atom stereocenters. The molecule has 0 aliphatic heterocycles. The summed E-state index contributed by atoms with van der Waals surface area (Å²) in [6, 6.07) is 17.4. The van der Waals surface area contributed by atoms with Crippen LogP contribution in [0, 0.1) is 0 Å². The molecule has 2 aromatic rings. The van der Waals surface area contributed by atoms with Crippen LogP contribution in [0.1, 0.15) is 80.2 Å². The van der Waals surface area contributed by atoms with Crippen molar-refractivity contribution >= 4 is 5.91 Å². The molecular weight excluding hydrogens is 330 g/mol. The topological polar surface area (TPSA) is 29.1 Å². The highest BCUT2D eigenvalue weighted by Crippen LogP contribution is 2.42. The van der Waals surface area contributed by atoms with Crippen LogP contribution < -0.4 is 5.32 Å². The summed E-state index contributed by atoms with van der Waals surface area (Å²) in [6.45, 7) is 2.17. The predicted molar refractivity (Wildman–Crippen MR) is 111 cm³/mol. The van der Waals surface area contributed by atoms with Crippen LogP contribution in [0.3, 0.4) is 0 Å². The second kappa shape index (κ2) is 7.88. The molecule has 0 saturated heterocycles. The van der Waals surface area contributed by atoms with Gasteiger partial charge in [0.15, 0.2) is 0 Å². The normalized spacial score (nSPS) is 19.3. The van der Waals surface area contributed by atoms with Crippen molar-refractivity contribution in [3.05, 3.63) is 70.8 Å². The minimum absolute atomic E-state index is 0.103. The molecule has 2 nitrogen and oxygen atoms in total. The summed E-state index contributed by atoms with van der Waals surface area (Å²) in [4.78, 5) is 13.5. The number of amides is 1. The first-order valence-corrected chi connectivity index (χ1v) is 10.7. The summed E-state index contributed by atoms with van der Waals surface area (Å²) < 4.78 is 0. The van der Waals surface area contributed by atoms with E-state index in [2.05, 4.69) is 54.7 Å². The van der Waals surface area contributed by atoms with Crippen molar-refractivity contribution in [1.82, 2.24) is 5.32 Å². The molecule has 0 bridgehead atoms. The van der Waals surface area contributed by atoms with E-state index in [9.17, 15) is 4.79 Å². The van der Waals surface area contributed by atoms with Crippen LogP contribution in [0.4, 0.5) is 0 Å². The van der Waals surface area contributed by atoms with Gasteiger partial charge in [-0.25, -0.2) is 0 Å². The Bertz CT molecular complexity index is 789. The number of rotatable bonds is 5. The molecule has 0 heterocycles. The average molecular weight is 362 g/mol. The summed E-state index contributed by atoms with van der Waals surface area (Å²) >= 11 is 0. The van der Waals surface area contributed by atoms with Gasteiger partial charge in [0, 0.05) is 0 Å². The lowest BCUT2D eigenvalue weighted by Crippen LogP contribution is -2.44. The van der Waals surface area contributed by atoms with E-state index in [-0.39, 0.29) is 17.4 Å². The van der Waals surface area contributed by atoms with Crippen molar-refractivity contribution in [2.45, 2.75) is 76.2 Å². The van der Waals surface area contributed by atoms with Crippen LogP contribution in [0.15, 0.2) is 48.5 Å². The maximum Gasteiger partial charge on any atom is 0.231 e. The number of fused-ring (bicyclic) bond motifs is 1. The number of benzene rings is 2. The lowest BCUT2D eigenvalue weighted by Gasteiger charge is -2.31. The van der Waals surface area contributed by atoms with Gasteiger partial charge in [-0.05, 0) is 67.2 Å². The van der Waals surface area contributed by atoms with Crippen LogP contribution >= 0.6 is 0 Å². The van der Waals surface area contributed by atoms with E-state index >= 15 is 0 Å². The maximum atomic E-state index is 13.5. The third-order valence-corrected chi connectivity index (χ3v) is 6.71. The van der Waals surface area contributed by atoms with Crippen molar-refractivity contribution in [1.29, 1.82) is 0 Å². The number of nitrogens with one attached hydrogen (secondary N) is 1. The average Bonchev–Trinajstić information content (AvgIpc) is 3.23. The Labute approximate surface area is 163 Å². The highest BCUT2D eigenvalue weighted by atomic mass is 16.2. The summed E-state index contributed by atoms with van der Waals surface area (Å²) in [6.07, 6.45) is 10.1. The zero-order chi connectivity index (χ0) is 18.7. The highest BCUT2D eigenvalue weighted by molar-refractivity contribution is 5.89. The molecule has 2 aliphatic rings.